The fourth-order valence-corrected chi connectivity index (χ4v) is 3.74. The van der Waals surface area contributed by atoms with E-state index in [2.05, 4.69) is 46.5 Å². The molecule has 0 bridgehead atoms. The molecule has 0 aliphatic carbocycles. The maximum atomic E-state index is 5.43. The van der Waals surface area contributed by atoms with Gasteiger partial charge in [-0.2, -0.15) is 0 Å². The van der Waals surface area contributed by atoms with Crippen molar-refractivity contribution in [1.82, 2.24) is 20.8 Å². The van der Waals surface area contributed by atoms with E-state index in [4.69, 9.17) is 4.52 Å². The third-order valence-electron chi connectivity index (χ3n) is 4.28. The molecule has 0 radical (unpaired) electrons. The Morgan fingerprint density at radius 1 is 1.28 bits per heavy atom. The first-order valence-corrected chi connectivity index (χ1v) is 9.71. The molecule has 0 atom stereocenters. The van der Waals surface area contributed by atoms with E-state index in [9.17, 15) is 0 Å². The van der Waals surface area contributed by atoms with Crippen molar-refractivity contribution < 1.29 is 4.52 Å². The van der Waals surface area contributed by atoms with Gasteiger partial charge >= 0.3 is 0 Å². The largest absolute Gasteiger partial charge is 0.359 e. The van der Waals surface area contributed by atoms with E-state index in [1.165, 1.54) is 4.88 Å². The van der Waals surface area contributed by atoms with Gasteiger partial charge in [0.05, 0.1) is 22.9 Å². The van der Waals surface area contributed by atoms with Gasteiger partial charge in [-0.1, -0.05) is 19.0 Å². The molecule has 0 unspecified atom stereocenters. The Hall–Kier alpha value is -1.89. The van der Waals surface area contributed by atoms with Gasteiger partial charge in [0.25, 0.3) is 0 Å². The van der Waals surface area contributed by atoms with Crippen molar-refractivity contribution in [2.24, 2.45) is 4.99 Å². The lowest BCUT2D eigenvalue weighted by Crippen LogP contribution is -2.37. The predicted octanol–water partition coefficient (Wildman–Crippen LogP) is 3.56. The molecule has 0 aliphatic heterocycles. The summed E-state index contributed by atoms with van der Waals surface area (Å²) in [5.74, 6) is 2.07. The fraction of sp³-hybridized carbons (Fsp3) is 0.611. The van der Waals surface area contributed by atoms with Gasteiger partial charge in [-0.25, -0.2) is 4.98 Å². The summed E-state index contributed by atoms with van der Waals surface area (Å²) < 4.78 is 5.43. The molecular weight excluding hydrogens is 334 g/mol. The molecule has 0 saturated carbocycles. The zero-order valence-electron chi connectivity index (χ0n) is 15.8. The molecule has 0 fully saturated rings. The molecule has 0 saturated heterocycles. The highest BCUT2D eigenvalue weighted by molar-refractivity contribution is 7.11. The Labute approximate surface area is 154 Å². The lowest BCUT2D eigenvalue weighted by Gasteiger charge is -2.10. The van der Waals surface area contributed by atoms with Gasteiger partial charge in [0.2, 0.25) is 0 Å². The van der Waals surface area contributed by atoms with Crippen LogP contribution in [0.15, 0.2) is 15.6 Å². The van der Waals surface area contributed by atoms with Gasteiger partial charge in [-0.15, -0.1) is 11.3 Å². The number of aryl methyl sites for hydroxylation is 2. The molecule has 7 heteroatoms. The predicted molar refractivity (Wildman–Crippen MR) is 103 cm³/mol. The minimum absolute atomic E-state index is 0.473. The summed E-state index contributed by atoms with van der Waals surface area (Å²) in [5.41, 5.74) is 2.17. The van der Waals surface area contributed by atoms with Crippen LogP contribution in [0, 0.1) is 13.8 Å². The van der Waals surface area contributed by atoms with Crippen molar-refractivity contribution in [1.29, 1.82) is 0 Å². The van der Waals surface area contributed by atoms with Gasteiger partial charge in [0.1, 0.15) is 0 Å². The lowest BCUT2D eigenvalue weighted by atomic mass is 9.99. The van der Waals surface area contributed by atoms with E-state index in [-0.39, 0.29) is 0 Å². The van der Waals surface area contributed by atoms with Crippen LogP contribution in [0.4, 0.5) is 0 Å². The molecule has 138 valence electrons. The Morgan fingerprint density at radius 2 is 2.04 bits per heavy atom. The summed E-state index contributed by atoms with van der Waals surface area (Å²) >= 11 is 1.76. The van der Waals surface area contributed by atoms with E-state index in [0.717, 1.165) is 53.9 Å². The highest BCUT2D eigenvalue weighted by Gasteiger charge is 2.13. The number of aliphatic imine (C=N–C) groups is 1. The third-order valence-corrected chi connectivity index (χ3v) is 5.41. The Kier molecular flexibility index (Phi) is 7.43. The highest BCUT2D eigenvalue weighted by Crippen LogP contribution is 2.22. The van der Waals surface area contributed by atoms with Gasteiger partial charge in [0, 0.05) is 36.9 Å². The number of thiazole rings is 1. The van der Waals surface area contributed by atoms with Gasteiger partial charge in [-0.3, -0.25) is 4.99 Å². The molecule has 6 nitrogen and oxygen atoms in total. The molecule has 2 aromatic rings. The Bertz CT molecular complexity index is 687. The van der Waals surface area contributed by atoms with Crippen molar-refractivity contribution in [3.8, 4) is 0 Å². The summed E-state index contributed by atoms with van der Waals surface area (Å²) in [6.07, 6.45) is 3.10. The van der Waals surface area contributed by atoms with Crippen LogP contribution in [0.3, 0.4) is 0 Å². The molecule has 2 aromatic heterocycles. The molecule has 0 aromatic carbocycles. The topological polar surface area (TPSA) is 75.3 Å². The number of nitrogens with one attached hydrogen (secondary N) is 2. The smallest absolute Gasteiger partial charge is 0.191 e. The van der Waals surface area contributed by atoms with Crippen LogP contribution in [0.5, 0.6) is 0 Å². The van der Waals surface area contributed by atoms with Crippen molar-refractivity contribution in [3.05, 3.63) is 33.1 Å². The number of aromatic nitrogens is 2. The van der Waals surface area contributed by atoms with Crippen LogP contribution in [-0.4, -0.2) is 29.7 Å². The molecule has 2 N–H and O–H groups in total. The van der Waals surface area contributed by atoms with Crippen LogP contribution in [-0.2, 0) is 13.0 Å². The van der Waals surface area contributed by atoms with E-state index < -0.39 is 0 Å². The normalized spacial score (nSPS) is 12.0. The summed E-state index contributed by atoms with van der Waals surface area (Å²) in [6, 6.07) is 2.04. The average molecular weight is 364 g/mol. The SMILES string of the molecule is CCC(CC)c1cc(CNC(=NC)NCCc2sc(C)nc2C)on1. The van der Waals surface area contributed by atoms with Crippen molar-refractivity contribution in [2.75, 3.05) is 13.6 Å². The average Bonchev–Trinajstić information content (AvgIpc) is 3.18. The van der Waals surface area contributed by atoms with Crippen molar-refractivity contribution >= 4 is 17.3 Å². The fourth-order valence-electron chi connectivity index (χ4n) is 2.80. The van der Waals surface area contributed by atoms with E-state index in [1.807, 2.05) is 13.0 Å². The molecule has 25 heavy (non-hydrogen) atoms. The van der Waals surface area contributed by atoms with E-state index in [1.54, 1.807) is 18.4 Å². The van der Waals surface area contributed by atoms with Crippen LogP contribution in [0.2, 0.25) is 0 Å². The summed E-state index contributed by atoms with van der Waals surface area (Å²) in [5, 5.41) is 11.9. The number of nitrogens with zero attached hydrogens (tertiary/aromatic N) is 3. The zero-order chi connectivity index (χ0) is 18.2. The first kappa shape index (κ1) is 19.4. The second kappa shape index (κ2) is 9.56. The second-order valence-corrected chi connectivity index (χ2v) is 7.36. The van der Waals surface area contributed by atoms with E-state index in [0.29, 0.717) is 12.5 Å². The number of hydrogen-bond donors (Lipinski definition) is 2. The Balaban J connectivity index is 1.79. The number of rotatable bonds is 8. The van der Waals surface area contributed by atoms with Crippen LogP contribution in [0.25, 0.3) is 0 Å². The van der Waals surface area contributed by atoms with Gasteiger partial charge < -0.3 is 15.2 Å². The minimum Gasteiger partial charge on any atom is -0.359 e. The summed E-state index contributed by atoms with van der Waals surface area (Å²) in [4.78, 5) is 10.0. The summed E-state index contributed by atoms with van der Waals surface area (Å²) in [6.45, 7) is 9.86. The van der Waals surface area contributed by atoms with E-state index >= 15 is 0 Å². The molecule has 0 spiro atoms. The maximum Gasteiger partial charge on any atom is 0.191 e. The van der Waals surface area contributed by atoms with Crippen LogP contribution in [0.1, 0.15) is 59.6 Å². The van der Waals surface area contributed by atoms with Gasteiger partial charge in [-0.05, 0) is 26.7 Å². The van der Waals surface area contributed by atoms with Crippen LogP contribution < -0.4 is 10.6 Å². The highest BCUT2D eigenvalue weighted by atomic mass is 32.1. The molecular formula is C18H29N5OS. The minimum atomic E-state index is 0.473. The number of guanidine groups is 1. The van der Waals surface area contributed by atoms with Gasteiger partial charge in [0.15, 0.2) is 11.7 Å². The molecule has 2 heterocycles. The van der Waals surface area contributed by atoms with Crippen LogP contribution >= 0.6 is 11.3 Å². The monoisotopic (exact) mass is 363 g/mol. The first-order valence-electron chi connectivity index (χ1n) is 8.90. The van der Waals surface area contributed by atoms with Crippen molar-refractivity contribution in [2.45, 2.75) is 59.4 Å². The Morgan fingerprint density at radius 3 is 2.64 bits per heavy atom. The number of hydrogen-bond acceptors (Lipinski definition) is 5. The second-order valence-electron chi connectivity index (χ2n) is 6.08. The molecule has 2 rings (SSSR count). The molecule has 0 amide bonds. The molecule has 0 aliphatic rings. The standard InChI is InChI=1S/C18H29N5OS/c1-6-14(7-2)16-10-15(24-23-16)11-21-18(19-5)20-9-8-17-12(3)22-13(4)25-17/h10,14H,6-9,11H2,1-5H3,(H2,19,20,21). The lowest BCUT2D eigenvalue weighted by molar-refractivity contribution is 0.368. The zero-order valence-corrected chi connectivity index (χ0v) is 16.7. The maximum absolute atomic E-state index is 5.43. The third kappa shape index (κ3) is 5.56. The van der Waals surface area contributed by atoms with Crippen molar-refractivity contribution in [3.63, 3.8) is 0 Å². The first-order chi connectivity index (χ1) is 12.1. The quantitative estimate of drug-likeness (QED) is 0.554. The summed E-state index contributed by atoms with van der Waals surface area (Å²) in [7, 11) is 1.77.